The maximum atomic E-state index is 13.5. The Balaban J connectivity index is 1.38. The van der Waals surface area contributed by atoms with Gasteiger partial charge in [0.05, 0.1) is 6.61 Å². The molecule has 0 fully saturated rings. The number of amides is 1. The first-order valence-corrected chi connectivity index (χ1v) is 15.1. The minimum atomic E-state index is -0.413. The van der Waals surface area contributed by atoms with Gasteiger partial charge in [-0.2, -0.15) is 11.8 Å². The highest BCUT2D eigenvalue weighted by Crippen LogP contribution is 2.40. The summed E-state index contributed by atoms with van der Waals surface area (Å²) in [7, 11) is 0. The number of benzene rings is 3. The second-order valence-corrected chi connectivity index (χ2v) is 12.5. The van der Waals surface area contributed by atoms with Crippen LogP contribution in [0.1, 0.15) is 49.6 Å². The number of aromatic amines is 1. The molecule has 4 aromatic rings. The van der Waals surface area contributed by atoms with Crippen molar-refractivity contribution < 1.29 is 14.3 Å². The van der Waals surface area contributed by atoms with Gasteiger partial charge in [0.25, 0.3) is 0 Å². The lowest BCUT2D eigenvalue weighted by molar-refractivity contribution is 0.135. The van der Waals surface area contributed by atoms with E-state index in [-0.39, 0.29) is 6.04 Å². The molecule has 204 valence electrons. The third-order valence-electron chi connectivity index (χ3n) is 6.80. The van der Waals surface area contributed by atoms with Crippen molar-refractivity contribution in [3.8, 4) is 11.5 Å². The van der Waals surface area contributed by atoms with Crippen LogP contribution in [0.25, 0.3) is 10.9 Å². The summed E-state index contributed by atoms with van der Waals surface area (Å²) in [5, 5.41) is 3.03. The molecule has 1 amide bonds. The number of carbonyl (C=O) groups excluding carboxylic acids is 1. The second kappa shape index (κ2) is 12.6. The van der Waals surface area contributed by atoms with Crippen LogP contribution in [0.3, 0.4) is 0 Å². The maximum absolute atomic E-state index is 13.5. The van der Waals surface area contributed by atoms with E-state index in [9.17, 15) is 4.79 Å². The molecule has 0 spiro atoms. The summed E-state index contributed by atoms with van der Waals surface area (Å²) >= 11 is 14.3. The Morgan fingerprint density at radius 2 is 1.72 bits per heavy atom. The van der Waals surface area contributed by atoms with Crippen LogP contribution < -0.4 is 9.47 Å². The van der Waals surface area contributed by atoms with Gasteiger partial charge in [-0.25, -0.2) is 4.79 Å². The van der Waals surface area contributed by atoms with Gasteiger partial charge < -0.3 is 14.5 Å². The molecule has 0 saturated carbocycles. The average molecular weight is 584 g/mol. The summed E-state index contributed by atoms with van der Waals surface area (Å²) < 4.78 is 11.8. The molecule has 1 unspecified atom stereocenters. The van der Waals surface area contributed by atoms with E-state index in [2.05, 4.69) is 18.8 Å². The van der Waals surface area contributed by atoms with E-state index in [0.29, 0.717) is 40.6 Å². The molecule has 2 heterocycles. The monoisotopic (exact) mass is 582 g/mol. The zero-order chi connectivity index (χ0) is 27.4. The topological polar surface area (TPSA) is 54.6 Å². The Bertz CT molecular complexity index is 1420. The van der Waals surface area contributed by atoms with Crippen LogP contribution in [0.5, 0.6) is 11.5 Å². The number of nitrogens with zero attached hydrogens (tertiary/aromatic N) is 1. The van der Waals surface area contributed by atoms with Gasteiger partial charge in [-0.15, -0.1) is 0 Å². The first kappa shape index (κ1) is 27.8. The van der Waals surface area contributed by atoms with Gasteiger partial charge >= 0.3 is 6.09 Å². The van der Waals surface area contributed by atoms with Gasteiger partial charge in [0.1, 0.15) is 17.5 Å². The van der Waals surface area contributed by atoms with E-state index in [1.165, 1.54) is 5.56 Å². The third-order valence-corrected chi connectivity index (χ3v) is 8.47. The summed E-state index contributed by atoms with van der Waals surface area (Å²) in [6.45, 7) is 5.65. The van der Waals surface area contributed by atoms with Gasteiger partial charge in [-0.1, -0.05) is 49.2 Å². The van der Waals surface area contributed by atoms with Crippen LogP contribution in [0.15, 0.2) is 66.7 Å². The van der Waals surface area contributed by atoms with Gasteiger partial charge in [0.2, 0.25) is 0 Å². The SMILES string of the molecule is CC(C)SCCCCOc1ccc(C2c3[nH]c4ccc(Cl)cc4c3CCN2C(=O)Oc2ccc(Cl)cc2)cc1. The molecular weight excluding hydrogens is 551 g/mol. The standard InChI is InChI=1S/C31H32Cl2N2O3S/c1-20(2)39-18-4-3-17-37-24-10-5-21(6-11-24)30-29-26(27-19-23(33)9-14-28(27)34-29)15-16-35(30)31(36)38-25-12-7-22(32)8-13-25/h5-14,19-20,30,34H,3-4,15-18H2,1-2H3. The number of hydrogen-bond acceptors (Lipinski definition) is 4. The van der Waals surface area contributed by atoms with Crippen LogP contribution in [0.2, 0.25) is 10.0 Å². The van der Waals surface area contributed by atoms with E-state index in [1.807, 2.05) is 54.2 Å². The van der Waals surface area contributed by atoms with Crippen molar-refractivity contribution in [2.24, 2.45) is 0 Å². The first-order valence-electron chi connectivity index (χ1n) is 13.3. The quantitative estimate of drug-likeness (QED) is 0.200. The molecule has 0 saturated heterocycles. The number of ether oxygens (including phenoxy) is 2. The van der Waals surface area contributed by atoms with Crippen LogP contribution in [0.4, 0.5) is 4.79 Å². The van der Waals surface area contributed by atoms with Crippen LogP contribution in [-0.4, -0.2) is 40.1 Å². The fourth-order valence-corrected chi connectivity index (χ4v) is 6.07. The number of unbranched alkanes of at least 4 members (excludes halogenated alkanes) is 1. The zero-order valence-corrected chi connectivity index (χ0v) is 24.4. The lowest BCUT2D eigenvalue weighted by atomic mass is 9.92. The minimum absolute atomic E-state index is 0.346. The molecule has 0 aliphatic carbocycles. The number of carbonyl (C=O) groups is 1. The van der Waals surface area contributed by atoms with E-state index in [4.69, 9.17) is 32.7 Å². The molecule has 1 N–H and O–H groups in total. The fourth-order valence-electron chi connectivity index (χ4n) is 4.93. The Morgan fingerprint density at radius 1 is 1.00 bits per heavy atom. The van der Waals surface area contributed by atoms with Gasteiger partial charge in [0.15, 0.2) is 0 Å². The molecule has 5 nitrogen and oxygen atoms in total. The van der Waals surface area contributed by atoms with Crippen molar-refractivity contribution in [1.29, 1.82) is 0 Å². The molecule has 1 atom stereocenters. The summed E-state index contributed by atoms with van der Waals surface area (Å²) in [6, 6.07) is 20.3. The molecule has 8 heteroatoms. The molecule has 0 radical (unpaired) electrons. The van der Waals surface area contributed by atoms with Crippen molar-refractivity contribution in [2.45, 2.75) is 44.4 Å². The zero-order valence-electron chi connectivity index (χ0n) is 22.1. The van der Waals surface area contributed by atoms with Crippen LogP contribution in [-0.2, 0) is 6.42 Å². The number of aromatic nitrogens is 1. The minimum Gasteiger partial charge on any atom is -0.494 e. The Morgan fingerprint density at radius 3 is 2.46 bits per heavy atom. The molecule has 1 aliphatic heterocycles. The lowest BCUT2D eigenvalue weighted by Gasteiger charge is -2.35. The maximum Gasteiger partial charge on any atom is 0.416 e. The molecule has 39 heavy (non-hydrogen) atoms. The van der Waals surface area contributed by atoms with E-state index < -0.39 is 6.09 Å². The van der Waals surface area contributed by atoms with Crippen LogP contribution in [0, 0.1) is 0 Å². The molecular formula is C31H32Cl2N2O3S. The van der Waals surface area contributed by atoms with Crippen molar-refractivity contribution in [1.82, 2.24) is 9.88 Å². The summed E-state index contributed by atoms with van der Waals surface area (Å²) in [4.78, 5) is 18.8. The predicted molar refractivity (Wildman–Crippen MR) is 162 cm³/mol. The number of fused-ring (bicyclic) bond motifs is 3. The summed E-state index contributed by atoms with van der Waals surface area (Å²) in [5.74, 6) is 2.43. The summed E-state index contributed by atoms with van der Waals surface area (Å²) in [6.07, 6.45) is 2.44. The molecule has 0 bridgehead atoms. The first-order chi connectivity index (χ1) is 18.9. The molecule has 3 aromatic carbocycles. The largest absolute Gasteiger partial charge is 0.494 e. The Hall–Kier alpha value is -2.80. The highest BCUT2D eigenvalue weighted by Gasteiger charge is 2.35. The number of hydrogen-bond donors (Lipinski definition) is 1. The van der Waals surface area contributed by atoms with Crippen LogP contribution >= 0.6 is 35.0 Å². The predicted octanol–water partition coefficient (Wildman–Crippen LogP) is 8.92. The number of thioether (sulfide) groups is 1. The summed E-state index contributed by atoms with van der Waals surface area (Å²) in [5.41, 5.74) is 4.12. The highest BCUT2D eigenvalue weighted by molar-refractivity contribution is 7.99. The average Bonchev–Trinajstić information content (AvgIpc) is 3.29. The third kappa shape index (κ3) is 6.68. The number of halogens is 2. The smallest absolute Gasteiger partial charge is 0.416 e. The lowest BCUT2D eigenvalue weighted by Crippen LogP contribution is -2.42. The van der Waals surface area contributed by atoms with Crippen molar-refractivity contribution in [3.63, 3.8) is 0 Å². The molecule has 1 aromatic heterocycles. The van der Waals surface area contributed by atoms with Crippen molar-refractivity contribution in [3.05, 3.63) is 93.6 Å². The Labute approximate surface area is 243 Å². The fraction of sp³-hybridized carbons (Fsp3) is 0.323. The molecule has 5 rings (SSSR count). The van der Waals surface area contributed by atoms with E-state index >= 15 is 0 Å². The highest BCUT2D eigenvalue weighted by atomic mass is 35.5. The number of nitrogens with one attached hydrogen (secondary N) is 1. The van der Waals surface area contributed by atoms with E-state index in [1.54, 1.807) is 29.2 Å². The van der Waals surface area contributed by atoms with Gasteiger partial charge in [-0.05, 0) is 96.0 Å². The van der Waals surface area contributed by atoms with E-state index in [0.717, 1.165) is 46.5 Å². The molecule has 1 aliphatic rings. The second-order valence-electron chi connectivity index (χ2n) is 9.92. The van der Waals surface area contributed by atoms with Gasteiger partial charge in [0, 0.05) is 33.2 Å². The number of rotatable bonds is 9. The number of H-pyrrole nitrogens is 1. The normalized spacial score (nSPS) is 15.0. The Kier molecular flexibility index (Phi) is 8.96. The van der Waals surface area contributed by atoms with Gasteiger partial charge in [-0.3, -0.25) is 4.90 Å². The van der Waals surface area contributed by atoms with Crippen molar-refractivity contribution in [2.75, 3.05) is 18.9 Å². The van der Waals surface area contributed by atoms with Crippen molar-refractivity contribution >= 4 is 52.0 Å².